The van der Waals surface area contributed by atoms with E-state index in [2.05, 4.69) is 15.1 Å². The molecule has 0 radical (unpaired) electrons. The minimum atomic E-state index is -0.260. The number of nitrogens with zero attached hydrogens (tertiary/aromatic N) is 2. The Kier molecular flexibility index (Phi) is 6.22. The van der Waals surface area contributed by atoms with Crippen molar-refractivity contribution in [3.05, 3.63) is 74.5 Å². The first-order valence-corrected chi connectivity index (χ1v) is 9.13. The highest BCUT2D eigenvalue weighted by Crippen LogP contribution is 2.21. The maximum Gasteiger partial charge on any atom is 0.307 e. The van der Waals surface area contributed by atoms with Gasteiger partial charge in [-0.05, 0) is 36.8 Å². The summed E-state index contributed by atoms with van der Waals surface area (Å²) in [7, 11) is 0. The fraction of sp³-hybridized carbons (Fsp3) is 0.211. The number of rotatable bonds is 8. The van der Waals surface area contributed by atoms with Gasteiger partial charge in [0.25, 0.3) is 0 Å². The Morgan fingerprint density at radius 1 is 1.26 bits per heavy atom. The molecule has 2 heterocycles. The molecule has 1 aromatic carbocycles. The summed E-state index contributed by atoms with van der Waals surface area (Å²) < 4.78 is 5.62. The molecule has 7 nitrogen and oxygen atoms in total. The summed E-state index contributed by atoms with van der Waals surface area (Å²) in [5.41, 5.74) is 2.64. The molecule has 27 heavy (non-hydrogen) atoms. The number of hydrogen-bond donors (Lipinski definition) is 2. The molecular weight excluding hydrogens is 366 g/mol. The van der Waals surface area contributed by atoms with Gasteiger partial charge in [0.05, 0.1) is 10.6 Å². The predicted molar refractivity (Wildman–Crippen MR) is 104 cm³/mol. The van der Waals surface area contributed by atoms with E-state index in [0.29, 0.717) is 30.3 Å². The molecule has 0 spiro atoms. The summed E-state index contributed by atoms with van der Waals surface area (Å²) in [5.74, 6) is 0.645. The summed E-state index contributed by atoms with van der Waals surface area (Å²) in [6, 6.07) is 11.2. The van der Waals surface area contributed by atoms with Gasteiger partial charge in [-0.3, -0.25) is 14.8 Å². The molecule has 0 unspecified atom stereocenters. The first kappa shape index (κ1) is 18.7. The first-order valence-electron chi connectivity index (χ1n) is 8.31. The van der Waals surface area contributed by atoms with Crippen LogP contribution in [0.15, 0.2) is 58.7 Å². The van der Waals surface area contributed by atoms with Crippen molar-refractivity contribution in [2.24, 2.45) is 5.16 Å². The molecule has 0 saturated carbocycles. The van der Waals surface area contributed by atoms with E-state index in [1.165, 1.54) is 0 Å². The molecule has 0 aliphatic carbocycles. The van der Waals surface area contributed by atoms with E-state index in [0.717, 1.165) is 28.2 Å². The molecule has 0 bridgehead atoms. The van der Waals surface area contributed by atoms with Crippen LogP contribution in [0.2, 0.25) is 0 Å². The van der Waals surface area contributed by atoms with E-state index in [1.807, 2.05) is 43.3 Å². The number of ether oxygens (including phenoxy) is 1. The van der Waals surface area contributed by atoms with Crippen LogP contribution in [0.1, 0.15) is 22.9 Å². The second kappa shape index (κ2) is 9.00. The Bertz CT molecular complexity index is 949. The van der Waals surface area contributed by atoms with Crippen LogP contribution in [-0.2, 0) is 11.3 Å². The monoisotopic (exact) mass is 385 g/mol. The first-order chi connectivity index (χ1) is 13.1. The standard InChI is InChI=1S/C19H19N3O4S/c1-13(15-3-2-8-20-12-15)22-26-10-9-25-16-6-4-14(5-7-16)11-17-18(23)21-19(24)27-17/h2-8,12,23H,9-11H2,1H3,(H,21,24)/b22-13+. The van der Waals surface area contributed by atoms with Gasteiger partial charge in [0.15, 0.2) is 6.61 Å². The number of oxime groups is 1. The van der Waals surface area contributed by atoms with Gasteiger partial charge in [-0.15, -0.1) is 0 Å². The van der Waals surface area contributed by atoms with Gasteiger partial charge in [-0.2, -0.15) is 0 Å². The number of hydrogen-bond acceptors (Lipinski definition) is 7. The molecule has 0 fully saturated rings. The third-order valence-electron chi connectivity index (χ3n) is 3.71. The Morgan fingerprint density at radius 3 is 2.74 bits per heavy atom. The lowest BCUT2D eigenvalue weighted by Gasteiger charge is -2.07. The van der Waals surface area contributed by atoms with Crippen LogP contribution < -0.4 is 9.61 Å². The van der Waals surface area contributed by atoms with Crippen LogP contribution in [0.5, 0.6) is 11.6 Å². The van der Waals surface area contributed by atoms with Crippen molar-refractivity contribution in [3.8, 4) is 11.6 Å². The zero-order valence-corrected chi connectivity index (χ0v) is 15.5. The van der Waals surface area contributed by atoms with Crippen LogP contribution in [0, 0.1) is 0 Å². The van der Waals surface area contributed by atoms with Crippen LogP contribution in [0.3, 0.4) is 0 Å². The third kappa shape index (κ3) is 5.42. The zero-order chi connectivity index (χ0) is 19.1. The van der Waals surface area contributed by atoms with Crippen LogP contribution in [0.4, 0.5) is 0 Å². The Labute approximate surface area is 159 Å². The summed E-state index contributed by atoms with van der Waals surface area (Å²) in [4.78, 5) is 23.2. The zero-order valence-electron chi connectivity index (χ0n) is 14.7. The summed E-state index contributed by atoms with van der Waals surface area (Å²) in [5, 5.41) is 13.7. The molecule has 3 rings (SSSR count). The lowest BCUT2D eigenvalue weighted by atomic mass is 10.1. The molecule has 2 aromatic heterocycles. The van der Waals surface area contributed by atoms with Crippen LogP contribution in [-0.4, -0.2) is 34.0 Å². The quantitative estimate of drug-likeness (QED) is 0.353. The van der Waals surface area contributed by atoms with Gasteiger partial charge < -0.3 is 14.7 Å². The predicted octanol–water partition coefficient (Wildman–Crippen LogP) is 2.95. The lowest BCUT2D eigenvalue weighted by molar-refractivity contribution is 0.107. The van der Waals surface area contributed by atoms with E-state index in [-0.39, 0.29) is 10.8 Å². The van der Waals surface area contributed by atoms with Crippen molar-refractivity contribution in [1.82, 2.24) is 9.97 Å². The summed E-state index contributed by atoms with van der Waals surface area (Å²) in [6.07, 6.45) is 3.92. The van der Waals surface area contributed by atoms with Gasteiger partial charge in [0.2, 0.25) is 5.88 Å². The van der Waals surface area contributed by atoms with Gasteiger partial charge >= 0.3 is 4.87 Å². The second-order valence-corrected chi connectivity index (χ2v) is 6.77. The molecular formula is C19H19N3O4S. The fourth-order valence-electron chi connectivity index (χ4n) is 2.33. The number of pyridine rings is 1. The topological polar surface area (TPSA) is 96.8 Å². The van der Waals surface area contributed by atoms with Crippen molar-refractivity contribution >= 4 is 17.0 Å². The fourth-order valence-corrected chi connectivity index (χ4v) is 3.09. The van der Waals surface area contributed by atoms with Crippen molar-refractivity contribution in [3.63, 3.8) is 0 Å². The van der Waals surface area contributed by atoms with Gasteiger partial charge in [-0.25, -0.2) is 0 Å². The van der Waals surface area contributed by atoms with E-state index in [9.17, 15) is 9.90 Å². The number of nitrogens with one attached hydrogen (secondary N) is 1. The normalized spacial score (nSPS) is 11.4. The molecule has 0 aliphatic heterocycles. The maximum absolute atomic E-state index is 11.2. The SMILES string of the molecule is C/C(=N\OCCOc1ccc(Cc2sc(=O)[nH]c2O)cc1)c1cccnc1. The third-order valence-corrected chi connectivity index (χ3v) is 4.58. The number of aromatic amines is 1. The number of benzene rings is 1. The van der Waals surface area contributed by atoms with Crippen LogP contribution >= 0.6 is 11.3 Å². The van der Waals surface area contributed by atoms with Crippen molar-refractivity contribution in [1.29, 1.82) is 0 Å². The molecule has 8 heteroatoms. The molecule has 0 amide bonds. The molecule has 0 atom stereocenters. The van der Waals surface area contributed by atoms with Crippen molar-refractivity contribution in [2.45, 2.75) is 13.3 Å². The van der Waals surface area contributed by atoms with Crippen molar-refractivity contribution in [2.75, 3.05) is 13.2 Å². The largest absolute Gasteiger partial charge is 0.494 e. The highest BCUT2D eigenvalue weighted by molar-refractivity contribution is 7.09. The van der Waals surface area contributed by atoms with Gasteiger partial charge in [-0.1, -0.05) is 28.6 Å². The molecule has 2 N–H and O–H groups in total. The lowest BCUT2D eigenvalue weighted by Crippen LogP contribution is -2.05. The average Bonchev–Trinajstić information content (AvgIpc) is 3.00. The van der Waals surface area contributed by atoms with Gasteiger partial charge in [0, 0.05) is 24.4 Å². The minimum Gasteiger partial charge on any atom is -0.494 e. The van der Waals surface area contributed by atoms with E-state index in [4.69, 9.17) is 9.57 Å². The smallest absolute Gasteiger partial charge is 0.307 e. The number of thiazole rings is 1. The Hall–Kier alpha value is -3.13. The minimum absolute atomic E-state index is 0.0652. The van der Waals surface area contributed by atoms with E-state index < -0.39 is 0 Å². The second-order valence-electron chi connectivity index (χ2n) is 5.71. The summed E-state index contributed by atoms with van der Waals surface area (Å²) in [6.45, 7) is 2.55. The number of aromatic nitrogens is 2. The highest BCUT2D eigenvalue weighted by Gasteiger charge is 2.07. The molecule has 140 valence electrons. The molecule has 3 aromatic rings. The molecule has 0 saturated heterocycles. The maximum atomic E-state index is 11.2. The van der Waals surface area contributed by atoms with Crippen LogP contribution in [0.25, 0.3) is 0 Å². The number of aromatic hydroxyl groups is 1. The Balaban J connectivity index is 1.44. The highest BCUT2D eigenvalue weighted by atomic mass is 32.1. The van der Waals surface area contributed by atoms with Gasteiger partial charge in [0.1, 0.15) is 12.4 Å². The average molecular weight is 385 g/mol. The Morgan fingerprint density at radius 2 is 2.07 bits per heavy atom. The molecule has 0 aliphatic rings. The van der Waals surface area contributed by atoms with Crippen molar-refractivity contribution < 1.29 is 14.7 Å². The summed E-state index contributed by atoms with van der Waals surface area (Å²) >= 11 is 1.01. The van der Waals surface area contributed by atoms with E-state index >= 15 is 0 Å². The number of H-pyrrole nitrogens is 1. The van der Waals surface area contributed by atoms with E-state index in [1.54, 1.807) is 12.4 Å².